The predicted molar refractivity (Wildman–Crippen MR) is 69.9 cm³/mol. The molecule has 20 heavy (non-hydrogen) atoms. The third kappa shape index (κ3) is 3.20. The van der Waals surface area contributed by atoms with Crippen LogP contribution < -0.4 is 10.6 Å². The van der Waals surface area contributed by atoms with Gasteiger partial charge in [-0.1, -0.05) is 16.7 Å². The molecule has 0 atom stereocenters. The van der Waals surface area contributed by atoms with Gasteiger partial charge in [-0.3, -0.25) is 5.32 Å². The number of halogens is 1. The number of benzene rings is 1. The topological polar surface area (TPSA) is 122 Å². The number of carboxylic acid groups (broad SMARTS) is 1. The van der Waals surface area contributed by atoms with E-state index >= 15 is 0 Å². The molecule has 1 heterocycles. The summed E-state index contributed by atoms with van der Waals surface area (Å²) in [5, 5.41) is 24.7. The Bertz CT molecular complexity index is 671. The fourth-order valence-corrected chi connectivity index (χ4v) is 1.51. The van der Waals surface area contributed by atoms with E-state index in [0.29, 0.717) is 0 Å². The zero-order chi connectivity index (χ0) is 14.7. The van der Waals surface area contributed by atoms with E-state index in [0.717, 1.165) is 0 Å². The van der Waals surface area contributed by atoms with Gasteiger partial charge in [-0.2, -0.15) is 4.80 Å². The number of carbonyl (C=O) groups excluding carboxylic acids is 1. The first-order valence-corrected chi connectivity index (χ1v) is 5.68. The lowest BCUT2D eigenvalue weighted by Crippen LogP contribution is -2.20. The Morgan fingerprint density at radius 1 is 1.35 bits per heavy atom. The van der Waals surface area contributed by atoms with Crippen molar-refractivity contribution in [3.63, 3.8) is 0 Å². The first-order valence-electron chi connectivity index (χ1n) is 5.30. The van der Waals surface area contributed by atoms with Crippen molar-refractivity contribution >= 4 is 35.2 Å². The molecule has 0 aliphatic carbocycles. The van der Waals surface area contributed by atoms with E-state index in [9.17, 15) is 9.59 Å². The highest BCUT2D eigenvalue weighted by Crippen LogP contribution is 2.23. The van der Waals surface area contributed by atoms with Gasteiger partial charge < -0.3 is 10.4 Å². The van der Waals surface area contributed by atoms with Crippen LogP contribution in [0.4, 0.5) is 16.4 Å². The smallest absolute Gasteiger partial charge is 0.335 e. The number of nitrogens with one attached hydrogen (secondary N) is 2. The number of carbonyl (C=O) groups is 2. The molecule has 2 aromatic rings. The van der Waals surface area contributed by atoms with Crippen molar-refractivity contribution in [2.75, 3.05) is 10.6 Å². The monoisotopic (exact) mass is 296 g/mol. The van der Waals surface area contributed by atoms with Crippen LogP contribution >= 0.6 is 11.6 Å². The third-order valence-electron chi connectivity index (χ3n) is 2.20. The van der Waals surface area contributed by atoms with Crippen LogP contribution in [-0.4, -0.2) is 37.3 Å². The van der Waals surface area contributed by atoms with Crippen molar-refractivity contribution < 1.29 is 14.7 Å². The van der Waals surface area contributed by atoms with E-state index in [1.165, 1.54) is 23.0 Å². The van der Waals surface area contributed by atoms with Gasteiger partial charge >= 0.3 is 12.0 Å². The molecule has 0 unspecified atom stereocenters. The fourth-order valence-electron chi connectivity index (χ4n) is 1.34. The van der Waals surface area contributed by atoms with Gasteiger partial charge in [-0.05, 0) is 23.4 Å². The average molecular weight is 297 g/mol. The van der Waals surface area contributed by atoms with Crippen molar-refractivity contribution in [1.82, 2.24) is 20.2 Å². The Hall–Kier alpha value is -2.68. The first-order chi connectivity index (χ1) is 9.45. The number of hydrogen-bond acceptors (Lipinski definition) is 5. The van der Waals surface area contributed by atoms with E-state index in [1.54, 1.807) is 7.05 Å². The summed E-state index contributed by atoms with van der Waals surface area (Å²) in [5.41, 5.74) is 0.162. The second-order valence-electron chi connectivity index (χ2n) is 3.68. The van der Waals surface area contributed by atoms with Crippen molar-refractivity contribution in [2.24, 2.45) is 7.05 Å². The lowest BCUT2D eigenvalue weighted by atomic mass is 10.2. The number of aromatic carboxylic acids is 1. The van der Waals surface area contributed by atoms with Crippen LogP contribution in [0.25, 0.3) is 0 Å². The molecular formula is C10H9ClN6O3. The normalized spacial score (nSPS) is 10.1. The van der Waals surface area contributed by atoms with Crippen LogP contribution in [0, 0.1) is 0 Å². The Balaban J connectivity index is 2.11. The summed E-state index contributed by atoms with van der Waals surface area (Å²) < 4.78 is 0. The van der Waals surface area contributed by atoms with E-state index in [1.807, 2.05) is 0 Å². The Labute approximate surface area is 117 Å². The molecule has 0 aliphatic rings. The van der Waals surface area contributed by atoms with E-state index in [2.05, 4.69) is 26.0 Å². The van der Waals surface area contributed by atoms with Crippen LogP contribution in [0.3, 0.4) is 0 Å². The summed E-state index contributed by atoms with van der Waals surface area (Å²) >= 11 is 5.87. The molecule has 9 nitrogen and oxygen atoms in total. The zero-order valence-electron chi connectivity index (χ0n) is 10.2. The molecule has 1 aromatic heterocycles. The molecule has 0 fully saturated rings. The highest BCUT2D eigenvalue weighted by molar-refractivity contribution is 6.34. The summed E-state index contributed by atoms with van der Waals surface area (Å²) in [6.45, 7) is 0. The number of urea groups is 1. The number of nitrogens with zero attached hydrogens (tertiary/aromatic N) is 4. The Kier molecular flexibility index (Phi) is 3.80. The van der Waals surface area contributed by atoms with Crippen LogP contribution in [0.5, 0.6) is 0 Å². The SMILES string of the molecule is Cn1nnc(NC(=O)Nc2cc(C(=O)O)ccc2Cl)n1. The van der Waals surface area contributed by atoms with Gasteiger partial charge in [0.25, 0.3) is 5.95 Å². The number of carboxylic acids is 1. The van der Waals surface area contributed by atoms with Crippen molar-refractivity contribution in [3.8, 4) is 0 Å². The van der Waals surface area contributed by atoms with Gasteiger partial charge in [0.15, 0.2) is 0 Å². The second kappa shape index (κ2) is 5.53. The number of hydrogen-bond donors (Lipinski definition) is 3. The van der Waals surface area contributed by atoms with Gasteiger partial charge in [-0.15, -0.1) is 5.10 Å². The fraction of sp³-hybridized carbons (Fsp3) is 0.100. The zero-order valence-corrected chi connectivity index (χ0v) is 10.9. The van der Waals surface area contributed by atoms with Crippen LogP contribution in [-0.2, 0) is 7.05 Å². The Morgan fingerprint density at radius 3 is 2.70 bits per heavy atom. The molecule has 2 rings (SSSR count). The number of aromatic nitrogens is 4. The maximum Gasteiger partial charge on any atom is 0.335 e. The van der Waals surface area contributed by atoms with Gasteiger partial charge in [-0.25, -0.2) is 9.59 Å². The minimum Gasteiger partial charge on any atom is -0.478 e. The van der Waals surface area contributed by atoms with Crippen LogP contribution in [0.1, 0.15) is 10.4 Å². The first kappa shape index (κ1) is 13.7. The minimum atomic E-state index is -1.12. The largest absolute Gasteiger partial charge is 0.478 e. The molecule has 0 saturated heterocycles. The number of tetrazole rings is 1. The third-order valence-corrected chi connectivity index (χ3v) is 2.52. The lowest BCUT2D eigenvalue weighted by Gasteiger charge is -2.07. The maximum absolute atomic E-state index is 11.7. The Morgan fingerprint density at radius 2 is 2.10 bits per heavy atom. The molecule has 1 aromatic carbocycles. The summed E-state index contributed by atoms with van der Waals surface area (Å²) in [4.78, 5) is 23.7. The van der Waals surface area contributed by atoms with E-state index < -0.39 is 12.0 Å². The van der Waals surface area contributed by atoms with E-state index in [4.69, 9.17) is 16.7 Å². The number of anilines is 2. The molecule has 0 saturated carbocycles. The molecule has 0 spiro atoms. The molecule has 3 N–H and O–H groups in total. The maximum atomic E-state index is 11.7. The molecule has 104 valence electrons. The van der Waals surface area contributed by atoms with E-state index in [-0.39, 0.29) is 22.2 Å². The van der Waals surface area contributed by atoms with Gasteiger partial charge in [0.1, 0.15) is 0 Å². The summed E-state index contributed by atoms with van der Waals surface area (Å²) in [7, 11) is 1.54. The quantitative estimate of drug-likeness (QED) is 0.782. The predicted octanol–water partition coefficient (Wildman–Crippen LogP) is 1.21. The highest BCUT2D eigenvalue weighted by Gasteiger charge is 2.11. The van der Waals surface area contributed by atoms with Crippen molar-refractivity contribution in [3.05, 3.63) is 28.8 Å². The minimum absolute atomic E-state index is 0.00216. The summed E-state index contributed by atoms with van der Waals surface area (Å²) in [6.07, 6.45) is 0. The average Bonchev–Trinajstić information content (AvgIpc) is 2.77. The number of amides is 2. The highest BCUT2D eigenvalue weighted by atomic mass is 35.5. The number of aryl methyl sites for hydroxylation is 1. The van der Waals surface area contributed by atoms with Crippen LogP contribution in [0.15, 0.2) is 18.2 Å². The molecule has 0 bridgehead atoms. The molecule has 0 aliphatic heterocycles. The molecule has 0 radical (unpaired) electrons. The van der Waals surface area contributed by atoms with Crippen LogP contribution in [0.2, 0.25) is 5.02 Å². The molecular weight excluding hydrogens is 288 g/mol. The van der Waals surface area contributed by atoms with Crippen molar-refractivity contribution in [2.45, 2.75) is 0 Å². The number of rotatable bonds is 3. The summed E-state index contributed by atoms with van der Waals surface area (Å²) in [5.74, 6) is -1.11. The van der Waals surface area contributed by atoms with Gasteiger partial charge in [0.2, 0.25) is 0 Å². The summed E-state index contributed by atoms with van der Waals surface area (Å²) in [6, 6.07) is 3.29. The second-order valence-corrected chi connectivity index (χ2v) is 4.09. The molecule has 10 heteroatoms. The molecule has 2 amide bonds. The van der Waals surface area contributed by atoms with Gasteiger partial charge in [0, 0.05) is 0 Å². The van der Waals surface area contributed by atoms with Gasteiger partial charge in [0.05, 0.1) is 23.3 Å². The van der Waals surface area contributed by atoms with Crippen molar-refractivity contribution in [1.29, 1.82) is 0 Å². The standard InChI is InChI=1S/C10H9ClN6O3/c1-17-15-9(14-16-17)13-10(20)12-7-4-5(8(18)19)2-3-6(7)11/h2-4H,1H3,(H,18,19)(H2,12,13,15,20). The lowest BCUT2D eigenvalue weighted by molar-refractivity contribution is 0.0697.